The van der Waals surface area contributed by atoms with Gasteiger partial charge in [-0.3, -0.25) is 14.6 Å². The summed E-state index contributed by atoms with van der Waals surface area (Å²) in [7, 11) is 1.82. The Balaban J connectivity index is 1.29. The highest BCUT2D eigenvalue weighted by Crippen LogP contribution is 2.25. The number of carbonyl (C=O) groups is 1. The van der Waals surface area contributed by atoms with E-state index in [1.54, 1.807) is 4.90 Å². The van der Waals surface area contributed by atoms with Crippen molar-refractivity contribution in [2.45, 2.75) is 13.0 Å². The SMILES string of the molecule is CN(Cc1cccc(-c2ccc(Cc3sc(=O)[nH]c3O)cc2)c1)C(=O)c1ccc2ccccc2c1. The Morgan fingerprint density at radius 3 is 2.37 bits per heavy atom. The van der Waals surface area contributed by atoms with Gasteiger partial charge in [0.25, 0.3) is 5.91 Å². The van der Waals surface area contributed by atoms with Gasteiger partial charge < -0.3 is 10.0 Å². The molecule has 0 aliphatic carbocycles. The zero-order valence-electron chi connectivity index (χ0n) is 19.2. The number of carbonyl (C=O) groups excluding carboxylic acids is 1. The highest BCUT2D eigenvalue weighted by molar-refractivity contribution is 7.09. The molecule has 0 saturated heterocycles. The average molecular weight is 481 g/mol. The minimum Gasteiger partial charge on any atom is -0.494 e. The summed E-state index contributed by atoms with van der Waals surface area (Å²) in [6.07, 6.45) is 0.497. The molecule has 0 aliphatic heterocycles. The van der Waals surface area contributed by atoms with Crippen molar-refractivity contribution in [1.29, 1.82) is 0 Å². The lowest BCUT2D eigenvalue weighted by Gasteiger charge is -2.18. The molecule has 0 saturated carbocycles. The number of aromatic amines is 1. The first-order valence-electron chi connectivity index (χ1n) is 11.3. The second kappa shape index (κ2) is 9.60. The van der Waals surface area contributed by atoms with E-state index in [9.17, 15) is 14.7 Å². The number of hydrogen-bond acceptors (Lipinski definition) is 4. The van der Waals surface area contributed by atoms with Gasteiger partial charge in [-0.25, -0.2) is 0 Å². The zero-order chi connectivity index (χ0) is 24.4. The monoisotopic (exact) mass is 480 g/mol. The Morgan fingerprint density at radius 1 is 0.857 bits per heavy atom. The van der Waals surface area contributed by atoms with E-state index in [0.29, 0.717) is 23.4 Å². The minimum atomic E-state index is -0.255. The molecule has 0 aliphatic rings. The summed E-state index contributed by atoms with van der Waals surface area (Å²) in [6, 6.07) is 30.1. The first-order chi connectivity index (χ1) is 17.0. The number of nitrogens with zero attached hydrogens (tertiary/aromatic N) is 1. The number of benzene rings is 4. The van der Waals surface area contributed by atoms with E-state index in [1.807, 2.05) is 92.0 Å². The van der Waals surface area contributed by atoms with Gasteiger partial charge >= 0.3 is 4.87 Å². The number of H-pyrrole nitrogens is 1. The second-order valence-corrected chi connectivity index (χ2v) is 9.65. The number of nitrogens with one attached hydrogen (secondary N) is 1. The smallest absolute Gasteiger partial charge is 0.307 e. The van der Waals surface area contributed by atoms with E-state index in [0.717, 1.165) is 44.4 Å². The molecule has 0 fully saturated rings. The number of thiazole rings is 1. The quantitative estimate of drug-likeness (QED) is 0.321. The van der Waals surface area contributed by atoms with Gasteiger partial charge in [0.15, 0.2) is 0 Å². The van der Waals surface area contributed by atoms with E-state index < -0.39 is 0 Å². The maximum absolute atomic E-state index is 13.0. The standard InChI is InChI=1S/C29H24N2O3S/c1-31(28(33)25-14-13-21-6-2-3-7-24(21)17-25)18-20-5-4-8-23(15-20)22-11-9-19(10-12-22)16-26-27(32)30-29(34)35-26/h2-15,17,32H,16,18H2,1H3,(H,30,34). The Labute approximate surface area is 206 Å². The van der Waals surface area contributed by atoms with Gasteiger partial charge in [0, 0.05) is 25.6 Å². The number of aromatic hydroxyl groups is 1. The van der Waals surface area contributed by atoms with Crippen LogP contribution in [0.4, 0.5) is 0 Å². The molecule has 0 unspecified atom stereocenters. The van der Waals surface area contributed by atoms with Crippen molar-refractivity contribution in [1.82, 2.24) is 9.88 Å². The third kappa shape index (κ3) is 5.03. The van der Waals surface area contributed by atoms with Crippen LogP contribution in [0.3, 0.4) is 0 Å². The molecular formula is C29H24N2O3S. The fourth-order valence-corrected chi connectivity index (χ4v) is 4.97. The molecule has 2 N–H and O–H groups in total. The summed E-state index contributed by atoms with van der Waals surface area (Å²) in [5, 5.41) is 12.0. The van der Waals surface area contributed by atoms with E-state index in [4.69, 9.17) is 0 Å². The van der Waals surface area contributed by atoms with Crippen molar-refractivity contribution in [3.63, 3.8) is 0 Å². The van der Waals surface area contributed by atoms with Crippen LogP contribution < -0.4 is 4.87 Å². The maximum atomic E-state index is 13.0. The predicted molar refractivity (Wildman–Crippen MR) is 141 cm³/mol. The highest BCUT2D eigenvalue weighted by atomic mass is 32.1. The Kier molecular flexibility index (Phi) is 6.21. The molecule has 5 rings (SSSR count). The number of aromatic nitrogens is 1. The molecular weight excluding hydrogens is 456 g/mol. The van der Waals surface area contributed by atoms with Crippen molar-refractivity contribution in [2.24, 2.45) is 0 Å². The first-order valence-corrected chi connectivity index (χ1v) is 12.1. The molecule has 5 nitrogen and oxygen atoms in total. The van der Waals surface area contributed by atoms with Crippen molar-refractivity contribution in [2.75, 3.05) is 7.05 Å². The summed E-state index contributed by atoms with van der Waals surface area (Å²) in [6.45, 7) is 0.503. The molecule has 1 amide bonds. The Morgan fingerprint density at radius 2 is 1.63 bits per heavy atom. The molecule has 0 radical (unpaired) electrons. The number of fused-ring (bicyclic) bond motifs is 1. The van der Waals surface area contributed by atoms with E-state index in [1.165, 1.54) is 0 Å². The Bertz CT molecular complexity index is 1570. The molecule has 1 heterocycles. The Hall–Kier alpha value is -4.16. The second-order valence-electron chi connectivity index (χ2n) is 8.58. The topological polar surface area (TPSA) is 73.4 Å². The molecule has 0 spiro atoms. The summed E-state index contributed by atoms with van der Waals surface area (Å²) >= 11 is 1.03. The largest absolute Gasteiger partial charge is 0.494 e. The summed E-state index contributed by atoms with van der Waals surface area (Å²) < 4.78 is 0. The van der Waals surface area contributed by atoms with Crippen molar-refractivity contribution < 1.29 is 9.90 Å². The van der Waals surface area contributed by atoms with Gasteiger partial charge in [0.2, 0.25) is 5.88 Å². The van der Waals surface area contributed by atoms with Crippen molar-refractivity contribution >= 4 is 28.0 Å². The fraction of sp³-hybridized carbons (Fsp3) is 0.103. The lowest BCUT2D eigenvalue weighted by Crippen LogP contribution is -2.26. The normalized spacial score (nSPS) is 11.0. The molecule has 174 valence electrons. The van der Waals surface area contributed by atoms with Crippen molar-refractivity contribution in [3.05, 3.63) is 122 Å². The van der Waals surface area contributed by atoms with Crippen LogP contribution >= 0.6 is 11.3 Å². The minimum absolute atomic E-state index is 0.0131. The molecule has 6 heteroatoms. The van der Waals surface area contributed by atoms with E-state index >= 15 is 0 Å². The molecule has 5 aromatic rings. The third-order valence-corrected chi connectivity index (χ3v) is 6.91. The van der Waals surface area contributed by atoms with Gasteiger partial charge in [-0.05, 0) is 51.2 Å². The van der Waals surface area contributed by atoms with Crippen molar-refractivity contribution in [3.8, 4) is 17.0 Å². The first kappa shape index (κ1) is 22.6. The lowest BCUT2D eigenvalue weighted by molar-refractivity contribution is 0.0785. The van der Waals surface area contributed by atoms with E-state index in [2.05, 4.69) is 11.1 Å². The molecule has 0 bridgehead atoms. The fourth-order valence-electron chi connectivity index (χ4n) is 4.21. The van der Waals surface area contributed by atoms with Crippen LogP contribution in [0.2, 0.25) is 0 Å². The van der Waals surface area contributed by atoms with Gasteiger partial charge in [-0.1, -0.05) is 84.1 Å². The molecule has 35 heavy (non-hydrogen) atoms. The van der Waals surface area contributed by atoms with Gasteiger partial charge in [-0.2, -0.15) is 0 Å². The van der Waals surface area contributed by atoms with Crippen LogP contribution in [0, 0.1) is 0 Å². The van der Waals surface area contributed by atoms with Gasteiger partial charge in [0.1, 0.15) is 0 Å². The lowest BCUT2D eigenvalue weighted by atomic mass is 10.0. The van der Waals surface area contributed by atoms with Crippen LogP contribution in [-0.2, 0) is 13.0 Å². The summed E-state index contributed by atoms with van der Waals surface area (Å²) in [4.78, 5) is 29.0. The van der Waals surface area contributed by atoms with Crippen LogP contribution in [0.25, 0.3) is 21.9 Å². The van der Waals surface area contributed by atoms with Gasteiger partial charge in [0.05, 0.1) is 4.88 Å². The summed E-state index contributed by atoms with van der Waals surface area (Å²) in [5.41, 5.74) is 4.86. The molecule has 4 aromatic carbocycles. The van der Waals surface area contributed by atoms with Crippen LogP contribution in [0.5, 0.6) is 5.88 Å². The maximum Gasteiger partial charge on any atom is 0.307 e. The zero-order valence-corrected chi connectivity index (χ0v) is 20.0. The van der Waals surface area contributed by atoms with Crippen LogP contribution in [-0.4, -0.2) is 27.9 Å². The van der Waals surface area contributed by atoms with E-state index in [-0.39, 0.29) is 16.7 Å². The molecule has 0 atom stereocenters. The molecule has 1 aromatic heterocycles. The summed E-state index contributed by atoms with van der Waals surface area (Å²) in [5.74, 6) is -0.0695. The number of hydrogen-bond donors (Lipinski definition) is 2. The van der Waals surface area contributed by atoms with Crippen LogP contribution in [0.1, 0.15) is 26.4 Å². The predicted octanol–water partition coefficient (Wildman–Crippen LogP) is 5.83. The third-order valence-electron chi connectivity index (χ3n) is 6.04. The van der Waals surface area contributed by atoms with Crippen LogP contribution in [0.15, 0.2) is 95.8 Å². The van der Waals surface area contributed by atoms with Gasteiger partial charge in [-0.15, -0.1) is 0 Å². The number of amides is 1. The number of rotatable bonds is 6. The average Bonchev–Trinajstić information content (AvgIpc) is 3.20. The highest BCUT2D eigenvalue weighted by Gasteiger charge is 2.13.